The van der Waals surface area contributed by atoms with Gasteiger partial charge in [0.05, 0.1) is 29.4 Å². The Balaban J connectivity index is 1.65. The smallest absolute Gasteiger partial charge is 0.271 e. The number of carbonyl (C=O) groups is 1. The summed E-state index contributed by atoms with van der Waals surface area (Å²) in [6.45, 7) is 0.167. The monoisotopic (exact) mass is 463 g/mol. The zero-order chi connectivity index (χ0) is 22.2. The van der Waals surface area contributed by atoms with Gasteiger partial charge in [-0.25, -0.2) is 8.42 Å². The minimum Gasteiger partial charge on any atom is -0.495 e. The Hall–Kier alpha value is -3.16. The molecular weight excluding hydrogens is 446 g/mol. The Morgan fingerprint density at radius 2 is 2.13 bits per heavy atom. The van der Waals surface area contributed by atoms with Crippen LogP contribution in [0.5, 0.6) is 5.75 Å². The SMILES string of the molecule is COc1ccc([N+](=O)[O-])cc1NC(=O)[C@@H]1CCCN1S(=O)(=O)c1cccc2nsnc12. The van der Waals surface area contributed by atoms with Crippen molar-refractivity contribution < 1.29 is 22.9 Å². The lowest BCUT2D eigenvalue weighted by Crippen LogP contribution is -2.43. The van der Waals surface area contributed by atoms with Gasteiger partial charge in [0, 0.05) is 18.7 Å². The van der Waals surface area contributed by atoms with E-state index in [9.17, 15) is 23.3 Å². The Labute approximate surface area is 181 Å². The second-order valence-electron chi connectivity index (χ2n) is 6.79. The number of hydrogen-bond donors (Lipinski definition) is 1. The van der Waals surface area contributed by atoms with Gasteiger partial charge in [-0.2, -0.15) is 13.1 Å². The number of nitro benzene ring substituents is 1. The number of fused-ring (bicyclic) bond motifs is 1. The molecule has 0 radical (unpaired) electrons. The molecule has 1 atom stereocenters. The lowest BCUT2D eigenvalue weighted by Gasteiger charge is -2.23. The number of ether oxygens (including phenoxy) is 1. The fourth-order valence-electron chi connectivity index (χ4n) is 3.53. The predicted molar refractivity (Wildman–Crippen MR) is 113 cm³/mol. The number of nitrogens with zero attached hydrogens (tertiary/aromatic N) is 4. The molecule has 1 fully saturated rings. The quantitative estimate of drug-likeness (QED) is 0.433. The number of sulfonamides is 1. The van der Waals surface area contributed by atoms with E-state index >= 15 is 0 Å². The summed E-state index contributed by atoms with van der Waals surface area (Å²) < 4.78 is 41.2. The number of methoxy groups -OCH3 is 1. The summed E-state index contributed by atoms with van der Waals surface area (Å²) in [6, 6.07) is 7.50. The van der Waals surface area contributed by atoms with Gasteiger partial charge in [0.1, 0.15) is 27.7 Å². The van der Waals surface area contributed by atoms with Crippen LogP contribution in [0, 0.1) is 10.1 Å². The van der Waals surface area contributed by atoms with Gasteiger partial charge in [0.2, 0.25) is 15.9 Å². The highest BCUT2D eigenvalue weighted by Crippen LogP contribution is 2.33. The van der Waals surface area contributed by atoms with Crippen LogP contribution in [0.4, 0.5) is 11.4 Å². The molecule has 4 rings (SSSR count). The van der Waals surface area contributed by atoms with Crippen molar-refractivity contribution in [3.63, 3.8) is 0 Å². The van der Waals surface area contributed by atoms with Crippen LogP contribution in [-0.4, -0.2) is 52.0 Å². The predicted octanol–water partition coefficient (Wildman–Crippen LogP) is 2.40. The molecule has 1 aliphatic rings. The van der Waals surface area contributed by atoms with E-state index in [-0.39, 0.29) is 34.1 Å². The first-order chi connectivity index (χ1) is 14.8. The van der Waals surface area contributed by atoms with Crippen molar-refractivity contribution in [2.24, 2.45) is 0 Å². The molecule has 1 aliphatic heterocycles. The molecule has 31 heavy (non-hydrogen) atoms. The third-order valence-corrected chi connectivity index (χ3v) is 7.48. The van der Waals surface area contributed by atoms with E-state index in [0.717, 1.165) is 16.0 Å². The third-order valence-electron chi connectivity index (χ3n) is 4.99. The van der Waals surface area contributed by atoms with Crippen LogP contribution in [0.15, 0.2) is 41.3 Å². The van der Waals surface area contributed by atoms with Gasteiger partial charge in [0.25, 0.3) is 5.69 Å². The first kappa shape index (κ1) is 21.1. The van der Waals surface area contributed by atoms with Gasteiger partial charge >= 0.3 is 0 Å². The summed E-state index contributed by atoms with van der Waals surface area (Å²) >= 11 is 0.911. The van der Waals surface area contributed by atoms with Crippen LogP contribution in [-0.2, 0) is 14.8 Å². The number of nitro groups is 1. The van der Waals surface area contributed by atoms with Crippen LogP contribution in [0.2, 0.25) is 0 Å². The lowest BCUT2D eigenvalue weighted by molar-refractivity contribution is -0.384. The number of carbonyl (C=O) groups excluding carboxylic acids is 1. The standard InChI is InChI=1S/C18H17N5O6S2/c1-29-15-8-7-11(23(25)26)10-13(15)19-18(24)14-5-3-9-22(14)31(27,28)16-6-2-4-12-17(16)21-30-20-12/h2,4,6-8,10,14H,3,5,9H2,1H3,(H,19,24)/t14-/m0/s1. The Morgan fingerprint density at radius 3 is 2.87 bits per heavy atom. The Kier molecular flexibility index (Phi) is 5.56. The summed E-state index contributed by atoms with van der Waals surface area (Å²) in [4.78, 5) is 23.5. The zero-order valence-electron chi connectivity index (χ0n) is 16.2. The lowest BCUT2D eigenvalue weighted by atomic mass is 10.2. The maximum atomic E-state index is 13.3. The first-order valence-corrected chi connectivity index (χ1v) is 11.4. The number of nitrogens with one attached hydrogen (secondary N) is 1. The highest BCUT2D eigenvalue weighted by molar-refractivity contribution is 7.89. The third kappa shape index (κ3) is 3.82. The van der Waals surface area contributed by atoms with Crippen LogP contribution in [0.25, 0.3) is 11.0 Å². The molecular formula is C18H17N5O6S2. The van der Waals surface area contributed by atoms with E-state index < -0.39 is 26.9 Å². The van der Waals surface area contributed by atoms with Crippen LogP contribution < -0.4 is 10.1 Å². The number of hydrogen-bond acceptors (Lipinski definition) is 9. The number of aromatic nitrogens is 2. The Morgan fingerprint density at radius 1 is 1.32 bits per heavy atom. The van der Waals surface area contributed by atoms with Crippen molar-refractivity contribution in [3.05, 3.63) is 46.5 Å². The normalized spacial score (nSPS) is 17.0. The van der Waals surface area contributed by atoms with E-state index in [0.29, 0.717) is 18.4 Å². The molecule has 1 aromatic heterocycles. The van der Waals surface area contributed by atoms with E-state index in [1.54, 1.807) is 12.1 Å². The topological polar surface area (TPSA) is 145 Å². The summed E-state index contributed by atoms with van der Waals surface area (Å²) in [5.41, 5.74) is 0.595. The second kappa shape index (κ2) is 8.17. The van der Waals surface area contributed by atoms with Gasteiger partial charge in [0.15, 0.2) is 0 Å². The van der Waals surface area contributed by atoms with Gasteiger partial charge in [-0.15, -0.1) is 0 Å². The highest BCUT2D eigenvalue weighted by atomic mass is 32.2. The molecule has 0 aliphatic carbocycles. The van der Waals surface area contributed by atoms with Crippen molar-refractivity contribution >= 4 is 50.1 Å². The van der Waals surface area contributed by atoms with E-state index in [4.69, 9.17) is 4.74 Å². The van der Waals surface area contributed by atoms with Crippen molar-refractivity contribution in [1.82, 2.24) is 13.1 Å². The van der Waals surface area contributed by atoms with Crippen molar-refractivity contribution in [3.8, 4) is 5.75 Å². The number of rotatable bonds is 6. The molecule has 1 saturated heterocycles. The fraction of sp³-hybridized carbons (Fsp3) is 0.278. The highest BCUT2D eigenvalue weighted by Gasteiger charge is 2.40. The number of anilines is 1. The first-order valence-electron chi connectivity index (χ1n) is 9.19. The van der Waals surface area contributed by atoms with E-state index in [1.807, 2.05) is 0 Å². The average molecular weight is 463 g/mol. The van der Waals surface area contributed by atoms with Crippen molar-refractivity contribution in [2.45, 2.75) is 23.8 Å². The van der Waals surface area contributed by atoms with E-state index in [2.05, 4.69) is 14.1 Å². The molecule has 0 spiro atoms. The van der Waals surface area contributed by atoms with Crippen LogP contribution >= 0.6 is 11.7 Å². The molecule has 2 heterocycles. The molecule has 2 aromatic carbocycles. The maximum Gasteiger partial charge on any atom is 0.271 e. The minimum atomic E-state index is -4.02. The van der Waals surface area contributed by atoms with Crippen molar-refractivity contribution in [1.29, 1.82) is 0 Å². The fourth-order valence-corrected chi connectivity index (χ4v) is 5.94. The number of amides is 1. The van der Waals surface area contributed by atoms with Gasteiger partial charge in [-0.05, 0) is 31.0 Å². The van der Waals surface area contributed by atoms with E-state index in [1.165, 1.54) is 31.4 Å². The maximum absolute atomic E-state index is 13.3. The van der Waals surface area contributed by atoms with Gasteiger partial charge < -0.3 is 10.1 Å². The summed E-state index contributed by atoms with van der Waals surface area (Å²) in [7, 11) is -2.66. The molecule has 0 saturated carbocycles. The molecule has 162 valence electrons. The molecule has 1 amide bonds. The summed E-state index contributed by atoms with van der Waals surface area (Å²) in [6.07, 6.45) is 0.808. The van der Waals surface area contributed by atoms with Crippen molar-refractivity contribution in [2.75, 3.05) is 19.0 Å². The second-order valence-corrected chi connectivity index (χ2v) is 9.18. The average Bonchev–Trinajstić information content (AvgIpc) is 3.43. The summed E-state index contributed by atoms with van der Waals surface area (Å²) in [5, 5.41) is 13.7. The number of non-ortho nitro benzene ring substituents is 1. The Bertz CT molecular complexity index is 1280. The largest absolute Gasteiger partial charge is 0.495 e. The molecule has 3 aromatic rings. The van der Waals surface area contributed by atoms with Gasteiger partial charge in [-0.3, -0.25) is 14.9 Å². The molecule has 11 nitrogen and oxygen atoms in total. The molecule has 0 bridgehead atoms. The minimum absolute atomic E-state index is 0.00798. The molecule has 13 heteroatoms. The number of benzene rings is 2. The molecule has 0 unspecified atom stereocenters. The van der Waals surface area contributed by atoms with Crippen LogP contribution in [0.3, 0.4) is 0 Å². The molecule has 1 N–H and O–H groups in total. The van der Waals surface area contributed by atoms with Crippen LogP contribution in [0.1, 0.15) is 12.8 Å². The zero-order valence-corrected chi connectivity index (χ0v) is 17.9. The summed E-state index contributed by atoms with van der Waals surface area (Å²) in [5.74, 6) is -0.367. The van der Waals surface area contributed by atoms with Gasteiger partial charge in [-0.1, -0.05) is 6.07 Å².